The van der Waals surface area contributed by atoms with Gasteiger partial charge in [-0.15, -0.1) is 0 Å². The van der Waals surface area contributed by atoms with Crippen LogP contribution in [0.3, 0.4) is 0 Å². The molecule has 0 aliphatic heterocycles. The summed E-state index contributed by atoms with van der Waals surface area (Å²) in [4.78, 5) is 0. The fourth-order valence-electron chi connectivity index (χ4n) is 0.601. The molecule has 0 unspecified atom stereocenters. The highest BCUT2D eigenvalue weighted by Gasteiger charge is 1.84. The molecule has 0 aliphatic rings. The first-order chi connectivity index (χ1) is 5.20. The van der Waals surface area contributed by atoms with E-state index in [1.54, 1.807) is 0 Å². The smallest absolute Gasteiger partial charge is 0.0468 e. The Labute approximate surface area is 68.7 Å². The first-order valence-corrected chi connectivity index (χ1v) is 3.78. The van der Waals surface area contributed by atoms with E-state index in [1.165, 1.54) is 5.57 Å². The molecule has 11 heavy (non-hydrogen) atoms. The van der Waals surface area contributed by atoms with Crippen LogP contribution in [0, 0.1) is 0 Å². The molecular weight excluding hydrogens is 136 g/mol. The summed E-state index contributed by atoms with van der Waals surface area (Å²) in [6, 6.07) is 0. The SMILES string of the molecule is C=C/C(C)=C/C=C(/C)CCO. The second-order valence-electron chi connectivity index (χ2n) is 2.60. The van der Waals surface area contributed by atoms with Gasteiger partial charge in [-0.2, -0.15) is 0 Å². The third kappa shape index (κ3) is 5.62. The quantitative estimate of drug-likeness (QED) is 0.613. The number of aliphatic hydroxyl groups excluding tert-OH is 1. The average Bonchev–Trinajstić information content (AvgIpc) is 2.01. The van der Waals surface area contributed by atoms with Crippen molar-refractivity contribution in [3.63, 3.8) is 0 Å². The van der Waals surface area contributed by atoms with E-state index in [4.69, 9.17) is 5.11 Å². The molecule has 1 nitrogen and oxygen atoms in total. The molecule has 1 N–H and O–H groups in total. The molecule has 0 aromatic rings. The molecule has 0 atom stereocenters. The van der Waals surface area contributed by atoms with Crippen molar-refractivity contribution in [1.29, 1.82) is 0 Å². The molecule has 1 heteroatoms. The van der Waals surface area contributed by atoms with Crippen molar-refractivity contribution in [3.8, 4) is 0 Å². The topological polar surface area (TPSA) is 20.2 Å². The van der Waals surface area contributed by atoms with E-state index in [1.807, 2.05) is 32.1 Å². The molecule has 0 bridgehead atoms. The van der Waals surface area contributed by atoms with Gasteiger partial charge in [-0.1, -0.05) is 36.0 Å². The predicted octanol–water partition coefficient (Wildman–Crippen LogP) is 2.45. The molecule has 0 radical (unpaired) electrons. The van der Waals surface area contributed by atoms with Gasteiger partial charge in [0.2, 0.25) is 0 Å². The second-order valence-corrected chi connectivity index (χ2v) is 2.60. The summed E-state index contributed by atoms with van der Waals surface area (Å²) in [5.74, 6) is 0. The largest absolute Gasteiger partial charge is 0.396 e. The summed E-state index contributed by atoms with van der Waals surface area (Å²) in [5, 5.41) is 8.58. The molecule has 0 aromatic heterocycles. The van der Waals surface area contributed by atoms with Crippen LogP contribution in [0.2, 0.25) is 0 Å². The van der Waals surface area contributed by atoms with Crippen molar-refractivity contribution in [2.45, 2.75) is 20.3 Å². The van der Waals surface area contributed by atoms with Crippen LogP contribution in [0.25, 0.3) is 0 Å². The van der Waals surface area contributed by atoms with Crippen LogP contribution in [-0.4, -0.2) is 11.7 Å². The molecule has 62 valence electrons. The molecule has 0 spiro atoms. The number of allylic oxidation sites excluding steroid dienone is 4. The van der Waals surface area contributed by atoms with Crippen LogP contribution in [0.1, 0.15) is 20.3 Å². The van der Waals surface area contributed by atoms with Crippen molar-refractivity contribution >= 4 is 0 Å². The Hall–Kier alpha value is -0.820. The third-order valence-corrected chi connectivity index (χ3v) is 1.46. The maximum Gasteiger partial charge on any atom is 0.0468 e. The third-order valence-electron chi connectivity index (χ3n) is 1.46. The molecule has 0 saturated carbocycles. The minimum atomic E-state index is 0.226. The van der Waals surface area contributed by atoms with Crippen LogP contribution < -0.4 is 0 Å². The first-order valence-electron chi connectivity index (χ1n) is 3.78. The maximum atomic E-state index is 8.58. The zero-order valence-corrected chi connectivity index (χ0v) is 7.30. The van der Waals surface area contributed by atoms with Gasteiger partial charge in [0.05, 0.1) is 0 Å². The second kappa shape index (κ2) is 5.93. The van der Waals surface area contributed by atoms with Crippen LogP contribution in [0.5, 0.6) is 0 Å². The van der Waals surface area contributed by atoms with E-state index in [0.717, 1.165) is 12.0 Å². The normalized spacial score (nSPS) is 13.4. The fourth-order valence-corrected chi connectivity index (χ4v) is 0.601. The highest BCUT2D eigenvalue weighted by molar-refractivity contribution is 5.21. The van der Waals surface area contributed by atoms with E-state index >= 15 is 0 Å². The van der Waals surface area contributed by atoms with Crippen LogP contribution in [-0.2, 0) is 0 Å². The van der Waals surface area contributed by atoms with Crippen LogP contribution in [0.15, 0.2) is 36.0 Å². The predicted molar refractivity (Wildman–Crippen MR) is 49.4 cm³/mol. The lowest BCUT2D eigenvalue weighted by atomic mass is 10.2. The lowest BCUT2D eigenvalue weighted by Gasteiger charge is -1.93. The Kier molecular flexibility index (Phi) is 5.49. The van der Waals surface area contributed by atoms with Crippen LogP contribution in [0.4, 0.5) is 0 Å². The zero-order valence-electron chi connectivity index (χ0n) is 7.30. The van der Waals surface area contributed by atoms with Crippen molar-refractivity contribution in [2.24, 2.45) is 0 Å². The molecular formula is C10H16O. The fraction of sp³-hybridized carbons (Fsp3) is 0.400. The molecule has 0 aromatic carbocycles. The van der Waals surface area contributed by atoms with Gasteiger partial charge >= 0.3 is 0 Å². The summed E-state index contributed by atoms with van der Waals surface area (Å²) < 4.78 is 0. The number of hydrogen-bond donors (Lipinski definition) is 1. The molecule has 0 rings (SSSR count). The Morgan fingerprint density at radius 1 is 1.36 bits per heavy atom. The summed E-state index contributed by atoms with van der Waals surface area (Å²) >= 11 is 0. The minimum absolute atomic E-state index is 0.226. The van der Waals surface area contributed by atoms with Crippen LogP contribution >= 0.6 is 0 Å². The van der Waals surface area contributed by atoms with E-state index in [2.05, 4.69) is 6.58 Å². The highest BCUT2D eigenvalue weighted by Crippen LogP contribution is 2.01. The number of rotatable bonds is 4. The molecule has 0 heterocycles. The molecule has 0 fully saturated rings. The lowest BCUT2D eigenvalue weighted by Crippen LogP contribution is -1.82. The van der Waals surface area contributed by atoms with Gasteiger partial charge < -0.3 is 5.11 Å². The van der Waals surface area contributed by atoms with E-state index < -0.39 is 0 Å². The van der Waals surface area contributed by atoms with Crippen molar-refractivity contribution < 1.29 is 5.11 Å². The van der Waals surface area contributed by atoms with Gasteiger partial charge in [0.15, 0.2) is 0 Å². The van der Waals surface area contributed by atoms with Gasteiger partial charge in [-0.05, 0) is 20.3 Å². The van der Waals surface area contributed by atoms with Gasteiger partial charge in [0, 0.05) is 6.61 Å². The maximum absolute atomic E-state index is 8.58. The first kappa shape index (κ1) is 10.2. The lowest BCUT2D eigenvalue weighted by molar-refractivity contribution is 0.299. The Balaban J connectivity index is 3.99. The molecule has 0 aliphatic carbocycles. The zero-order chi connectivity index (χ0) is 8.69. The minimum Gasteiger partial charge on any atom is -0.396 e. The van der Waals surface area contributed by atoms with E-state index in [-0.39, 0.29) is 6.61 Å². The molecule has 0 amide bonds. The summed E-state index contributed by atoms with van der Waals surface area (Å²) in [6.45, 7) is 7.86. The van der Waals surface area contributed by atoms with E-state index in [9.17, 15) is 0 Å². The van der Waals surface area contributed by atoms with Gasteiger partial charge in [-0.3, -0.25) is 0 Å². The van der Waals surface area contributed by atoms with Gasteiger partial charge in [0.25, 0.3) is 0 Å². The van der Waals surface area contributed by atoms with Gasteiger partial charge in [0.1, 0.15) is 0 Å². The Morgan fingerprint density at radius 3 is 2.45 bits per heavy atom. The van der Waals surface area contributed by atoms with E-state index in [0.29, 0.717) is 0 Å². The standard InChI is InChI=1S/C10H16O/c1-4-9(2)5-6-10(3)7-8-11/h4-6,11H,1,7-8H2,2-3H3/b9-5+,10-6-. The van der Waals surface area contributed by atoms with Gasteiger partial charge in [-0.25, -0.2) is 0 Å². The highest BCUT2D eigenvalue weighted by atomic mass is 16.2. The Morgan fingerprint density at radius 2 is 2.00 bits per heavy atom. The summed E-state index contributed by atoms with van der Waals surface area (Å²) in [7, 11) is 0. The Bertz CT molecular complexity index is 175. The monoisotopic (exact) mass is 152 g/mol. The summed E-state index contributed by atoms with van der Waals surface area (Å²) in [5.41, 5.74) is 2.33. The molecule has 0 saturated heterocycles. The number of hydrogen-bond acceptors (Lipinski definition) is 1. The van der Waals surface area contributed by atoms with Crippen molar-refractivity contribution in [2.75, 3.05) is 6.61 Å². The average molecular weight is 152 g/mol. The summed E-state index contributed by atoms with van der Waals surface area (Å²) in [6.07, 6.45) is 6.56. The van der Waals surface area contributed by atoms with Crippen molar-refractivity contribution in [1.82, 2.24) is 0 Å². The van der Waals surface area contributed by atoms with Crippen molar-refractivity contribution in [3.05, 3.63) is 36.0 Å². The number of aliphatic hydroxyl groups is 1.